The first-order chi connectivity index (χ1) is 16.5. The first kappa shape index (κ1) is 22.4. The summed E-state index contributed by atoms with van der Waals surface area (Å²) in [7, 11) is 1.84. The molecule has 1 fully saturated rings. The molecule has 0 radical (unpaired) electrons. The van der Waals surface area contributed by atoms with E-state index in [1.165, 1.54) is 16.6 Å². The zero-order valence-electron chi connectivity index (χ0n) is 19.0. The number of rotatable bonds is 5. The molecule has 0 unspecified atom stereocenters. The van der Waals surface area contributed by atoms with Crippen molar-refractivity contribution in [1.82, 2.24) is 9.47 Å². The van der Waals surface area contributed by atoms with Crippen molar-refractivity contribution in [1.29, 1.82) is 0 Å². The van der Waals surface area contributed by atoms with Crippen molar-refractivity contribution < 1.29 is 4.79 Å². The predicted molar refractivity (Wildman–Crippen MR) is 144 cm³/mol. The minimum atomic E-state index is -0.148. The largest absolute Gasteiger partial charge is 0.342 e. The predicted octanol–water partition coefficient (Wildman–Crippen LogP) is 6.51. The van der Waals surface area contributed by atoms with Crippen LogP contribution in [0.2, 0.25) is 5.02 Å². The summed E-state index contributed by atoms with van der Waals surface area (Å²) in [5.74, 6) is -0.148. The van der Waals surface area contributed by atoms with Crippen molar-refractivity contribution >= 4 is 57.5 Å². The van der Waals surface area contributed by atoms with Crippen molar-refractivity contribution in [2.24, 2.45) is 0 Å². The van der Waals surface area contributed by atoms with E-state index in [0.29, 0.717) is 21.5 Å². The lowest BCUT2D eigenvalue weighted by molar-refractivity contribution is -0.114. The number of carbonyl (C=O) groups is 1. The van der Waals surface area contributed by atoms with E-state index in [-0.39, 0.29) is 5.91 Å². The Labute approximate surface area is 209 Å². The molecule has 6 heteroatoms. The average molecular weight is 486 g/mol. The van der Waals surface area contributed by atoms with Gasteiger partial charge in [0.2, 0.25) is 0 Å². The number of aryl methyl sites for hydroxylation is 1. The lowest BCUT2D eigenvalue weighted by Gasteiger charge is -2.16. The number of aromatic nitrogens is 1. The number of anilines is 1. The van der Waals surface area contributed by atoms with Crippen LogP contribution in [0.15, 0.2) is 84.7 Å². The van der Waals surface area contributed by atoms with Crippen molar-refractivity contribution in [2.45, 2.75) is 19.9 Å². The molecule has 4 nitrogen and oxygen atoms in total. The number of likely N-dealkylation sites (N-methyl/N-ethyl adjacent to an activating group) is 1. The second-order valence-electron chi connectivity index (χ2n) is 8.35. The van der Waals surface area contributed by atoms with Gasteiger partial charge in [-0.3, -0.25) is 9.69 Å². The van der Waals surface area contributed by atoms with E-state index in [1.807, 2.05) is 31.3 Å². The Morgan fingerprint density at radius 1 is 0.971 bits per heavy atom. The van der Waals surface area contributed by atoms with E-state index in [1.54, 1.807) is 21.9 Å². The fraction of sp³-hybridized carbons (Fsp3) is 0.143. The molecular formula is C28H24ClN3OS. The van der Waals surface area contributed by atoms with E-state index in [0.717, 1.165) is 23.9 Å². The van der Waals surface area contributed by atoms with Gasteiger partial charge in [-0.15, -0.1) is 0 Å². The van der Waals surface area contributed by atoms with Crippen molar-refractivity contribution in [3.8, 4) is 0 Å². The average Bonchev–Trinajstić information content (AvgIpc) is 3.30. The summed E-state index contributed by atoms with van der Waals surface area (Å²) in [4.78, 5) is 16.8. The maximum absolute atomic E-state index is 13.5. The smallest absolute Gasteiger partial charge is 0.281 e. The molecule has 0 N–H and O–H groups in total. The molecule has 0 atom stereocenters. The Balaban J connectivity index is 1.60. The van der Waals surface area contributed by atoms with Crippen LogP contribution in [0.25, 0.3) is 17.0 Å². The zero-order chi connectivity index (χ0) is 23.8. The van der Waals surface area contributed by atoms with Crippen molar-refractivity contribution in [3.63, 3.8) is 0 Å². The number of para-hydroxylation sites is 1. The first-order valence-corrected chi connectivity index (χ1v) is 12.0. The number of hydrogen-bond acceptors (Lipinski definition) is 2. The van der Waals surface area contributed by atoms with Crippen LogP contribution < -0.4 is 4.90 Å². The Morgan fingerprint density at radius 3 is 2.41 bits per heavy atom. The number of thiocarbonyl (C=S) groups is 1. The van der Waals surface area contributed by atoms with Crippen LogP contribution in [0.5, 0.6) is 0 Å². The fourth-order valence-corrected chi connectivity index (χ4v) is 4.90. The molecule has 1 amide bonds. The molecule has 4 aromatic rings. The van der Waals surface area contributed by atoms with Crippen LogP contribution in [0.1, 0.15) is 23.6 Å². The number of nitrogens with zero attached hydrogens (tertiary/aromatic N) is 3. The van der Waals surface area contributed by atoms with E-state index < -0.39 is 0 Å². The van der Waals surface area contributed by atoms with Gasteiger partial charge in [-0.2, -0.15) is 0 Å². The van der Waals surface area contributed by atoms with Gasteiger partial charge < -0.3 is 9.47 Å². The lowest BCUT2D eigenvalue weighted by atomic mass is 10.1. The van der Waals surface area contributed by atoms with Gasteiger partial charge in [0, 0.05) is 35.8 Å². The molecule has 1 saturated heterocycles. The molecule has 1 aromatic heterocycles. The molecule has 1 aliphatic rings. The van der Waals surface area contributed by atoms with Crippen LogP contribution in [0.4, 0.5) is 5.69 Å². The summed E-state index contributed by atoms with van der Waals surface area (Å²) >= 11 is 11.7. The Morgan fingerprint density at radius 2 is 1.71 bits per heavy atom. The Kier molecular flexibility index (Phi) is 5.98. The van der Waals surface area contributed by atoms with E-state index in [4.69, 9.17) is 23.8 Å². The number of amides is 1. The van der Waals surface area contributed by atoms with Gasteiger partial charge >= 0.3 is 0 Å². The van der Waals surface area contributed by atoms with Crippen LogP contribution in [-0.4, -0.2) is 27.5 Å². The van der Waals surface area contributed by atoms with Crippen LogP contribution in [0.3, 0.4) is 0 Å². The number of fused-ring (bicyclic) bond motifs is 1. The topological polar surface area (TPSA) is 28.5 Å². The standard InChI is InChI=1S/C28H24ClN3OS/c1-3-20-10-7-11-24-21(18-31(26(20)24)17-19-8-5-4-6-9-19)16-25-27(33)32(28(34)30(25)2)23-14-12-22(29)13-15-23/h4-16,18H,3,17H2,1-2H3/b25-16-. The summed E-state index contributed by atoms with van der Waals surface area (Å²) in [5, 5.41) is 2.18. The third-order valence-electron chi connectivity index (χ3n) is 6.23. The number of carbonyl (C=O) groups excluding carboxylic acids is 1. The van der Waals surface area contributed by atoms with Gasteiger partial charge in [-0.25, -0.2) is 0 Å². The number of hydrogen-bond donors (Lipinski definition) is 0. The highest BCUT2D eigenvalue weighted by Gasteiger charge is 2.37. The fourth-order valence-electron chi connectivity index (χ4n) is 4.49. The summed E-state index contributed by atoms with van der Waals surface area (Å²) in [6, 6.07) is 23.9. The molecule has 0 bridgehead atoms. The highest BCUT2D eigenvalue weighted by atomic mass is 35.5. The zero-order valence-corrected chi connectivity index (χ0v) is 20.6. The van der Waals surface area contributed by atoms with E-state index in [9.17, 15) is 4.79 Å². The minimum absolute atomic E-state index is 0.148. The van der Waals surface area contributed by atoms with Gasteiger partial charge in [0.25, 0.3) is 5.91 Å². The monoisotopic (exact) mass is 485 g/mol. The van der Waals surface area contributed by atoms with Crippen LogP contribution in [-0.2, 0) is 17.8 Å². The van der Waals surface area contributed by atoms with Crippen LogP contribution in [0, 0.1) is 0 Å². The van der Waals surface area contributed by atoms with E-state index in [2.05, 4.69) is 60.2 Å². The van der Waals surface area contributed by atoms with Gasteiger partial charge in [-0.05, 0) is 60.1 Å². The normalized spacial score (nSPS) is 15.2. The third-order valence-corrected chi connectivity index (χ3v) is 6.94. The quantitative estimate of drug-likeness (QED) is 0.238. The number of benzene rings is 3. The summed E-state index contributed by atoms with van der Waals surface area (Å²) in [6.07, 6.45) is 5.02. The van der Waals surface area contributed by atoms with Gasteiger partial charge in [-0.1, -0.05) is 67.1 Å². The molecule has 0 aliphatic carbocycles. The van der Waals surface area contributed by atoms with Gasteiger partial charge in [0.15, 0.2) is 5.11 Å². The molecule has 5 rings (SSSR count). The lowest BCUT2D eigenvalue weighted by Crippen LogP contribution is -2.31. The van der Waals surface area contributed by atoms with Crippen LogP contribution >= 0.6 is 23.8 Å². The van der Waals surface area contributed by atoms with E-state index >= 15 is 0 Å². The summed E-state index contributed by atoms with van der Waals surface area (Å²) in [5.41, 5.74) is 5.95. The second-order valence-corrected chi connectivity index (χ2v) is 9.15. The molecule has 3 aromatic carbocycles. The highest BCUT2D eigenvalue weighted by molar-refractivity contribution is 7.80. The SMILES string of the molecule is CCc1cccc2c(/C=C3/C(=O)N(c4ccc(Cl)cc4)C(=S)N3C)cn(Cc3ccccc3)c12. The summed E-state index contributed by atoms with van der Waals surface area (Å²) < 4.78 is 2.28. The van der Waals surface area contributed by atoms with Crippen molar-refractivity contribution in [2.75, 3.05) is 11.9 Å². The minimum Gasteiger partial charge on any atom is -0.342 e. The molecule has 170 valence electrons. The molecule has 34 heavy (non-hydrogen) atoms. The van der Waals surface area contributed by atoms with Crippen molar-refractivity contribution in [3.05, 3.63) is 106 Å². The summed E-state index contributed by atoms with van der Waals surface area (Å²) in [6.45, 7) is 2.93. The molecule has 0 spiro atoms. The first-order valence-electron chi connectivity index (χ1n) is 11.2. The Hall–Kier alpha value is -3.41. The third kappa shape index (κ3) is 3.91. The number of halogens is 1. The van der Waals surface area contributed by atoms with Gasteiger partial charge in [0.05, 0.1) is 11.2 Å². The van der Waals surface area contributed by atoms with Gasteiger partial charge in [0.1, 0.15) is 5.70 Å². The molecular weight excluding hydrogens is 462 g/mol. The molecule has 2 heterocycles. The maximum atomic E-state index is 13.5. The molecule has 0 saturated carbocycles. The maximum Gasteiger partial charge on any atom is 0.281 e. The Bertz CT molecular complexity index is 1420. The molecule has 1 aliphatic heterocycles. The highest BCUT2D eigenvalue weighted by Crippen LogP contribution is 2.32. The second kappa shape index (κ2) is 9.09.